The van der Waals surface area contributed by atoms with Crippen LogP contribution in [0.15, 0.2) is 46.9 Å². The summed E-state index contributed by atoms with van der Waals surface area (Å²) in [5, 5.41) is 3.04. The van der Waals surface area contributed by atoms with Crippen molar-refractivity contribution >= 4 is 21.8 Å². The average Bonchev–Trinajstić information content (AvgIpc) is 2.48. The van der Waals surface area contributed by atoms with Crippen molar-refractivity contribution in [3.63, 3.8) is 0 Å². The van der Waals surface area contributed by atoms with Crippen molar-refractivity contribution in [2.75, 3.05) is 0 Å². The molecule has 0 heterocycles. The molecule has 1 amide bonds. The maximum Gasteiger partial charge on any atom is 0.251 e. The van der Waals surface area contributed by atoms with Crippen molar-refractivity contribution < 1.29 is 9.18 Å². The number of carbonyl (C=O) groups excluding carboxylic acids is 1. The Morgan fingerprint density at radius 2 is 1.90 bits per heavy atom. The maximum atomic E-state index is 12.9. The molecule has 4 heteroatoms. The largest absolute Gasteiger partial charge is 0.349 e. The van der Waals surface area contributed by atoms with E-state index in [4.69, 9.17) is 0 Å². The average molecular weight is 348 g/mol. The predicted octanol–water partition coefficient (Wildman–Crippen LogP) is 3.88. The van der Waals surface area contributed by atoms with Crippen LogP contribution in [0.2, 0.25) is 0 Å². The van der Waals surface area contributed by atoms with E-state index in [1.54, 1.807) is 0 Å². The van der Waals surface area contributed by atoms with Gasteiger partial charge in [0.1, 0.15) is 5.82 Å². The Kier molecular flexibility index (Phi) is 4.06. The van der Waals surface area contributed by atoms with E-state index in [1.165, 1.54) is 35.4 Å². The lowest BCUT2D eigenvalue weighted by Crippen LogP contribution is -2.38. The summed E-state index contributed by atoms with van der Waals surface area (Å²) in [5.74, 6) is -0.468. The monoisotopic (exact) mass is 347 g/mol. The highest BCUT2D eigenvalue weighted by Gasteiger charge is 2.20. The molecule has 0 fully saturated rings. The molecule has 3 rings (SSSR count). The molecule has 0 radical (unpaired) electrons. The van der Waals surface area contributed by atoms with E-state index < -0.39 is 0 Å². The van der Waals surface area contributed by atoms with Crippen molar-refractivity contribution in [1.29, 1.82) is 0 Å². The van der Waals surface area contributed by atoms with E-state index in [1.807, 2.05) is 6.07 Å². The number of hydrogen-bond donors (Lipinski definition) is 1. The number of rotatable bonds is 2. The fourth-order valence-electron chi connectivity index (χ4n) is 2.72. The van der Waals surface area contributed by atoms with E-state index in [0.717, 1.165) is 23.7 Å². The van der Waals surface area contributed by atoms with Gasteiger partial charge in [0.15, 0.2) is 0 Å². The summed E-state index contributed by atoms with van der Waals surface area (Å²) in [6.07, 6.45) is 2.73. The summed E-state index contributed by atoms with van der Waals surface area (Å²) in [7, 11) is 0. The van der Waals surface area contributed by atoms with Crippen molar-refractivity contribution in [1.82, 2.24) is 5.32 Å². The van der Waals surface area contributed by atoms with Crippen LogP contribution in [0.1, 0.15) is 27.9 Å². The van der Waals surface area contributed by atoms with E-state index in [2.05, 4.69) is 33.4 Å². The molecule has 0 aromatic heterocycles. The Bertz CT molecular complexity index is 669. The minimum absolute atomic E-state index is 0.135. The Morgan fingerprint density at radius 1 is 1.14 bits per heavy atom. The lowest BCUT2D eigenvalue weighted by atomic mass is 9.88. The SMILES string of the molecule is O=C(NC1CCc2cc(Br)ccc2C1)c1ccc(F)cc1. The highest BCUT2D eigenvalue weighted by Crippen LogP contribution is 2.25. The third kappa shape index (κ3) is 3.32. The van der Waals surface area contributed by atoms with Gasteiger partial charge in [-0.05, 0) is 66.8 Å². The Labute approximate surface area is 131 Å². The van der Waals surface area contributed by atoms with E-state index in [9.17, 15) is 9.18 Å². The molecule has 1 N–H and O–H groups in total. The maximum absolute atomic E-state index is 12.9. The number of aryl methyl sites for hydroxylation is 1. The molecular weight excluding hydrogens is 333 g/mol. The first-order chi connectivity index (χ1) is 10.1. The second kappa shape index (κ2) is 5.98. The number of halogens is 2. The van der Waals surface area contributed by atoms with Gasteiger partial charge < -0.3 is 5.32 Å². The molecule has 108 valence electrons. The number of benzene rings is 2. The van der Waals surface area contributed by atoms with Crippen LogP contribution in [-0.4, -0.2) is 11.9 Å². The Hall–Kier alpha value is -1.68. The second-order valence-electron chi connectivity index (χ2n) is 5.33. The van der Waals surface area contributed by atoms with E-state index in [0.29, 0.717) is 5.56 Å². The Morgan fingerprint density at radius 3 is 2.67 bits per heavy atom. The van der Waals surface area contributed by atoms with Crippen LogP contribution in [0, 0.1) is 5.82 Å². The van der Waals surface area contributed by atoms with Gasteiger partial charge >= 0.3 is 0 Å². The molecule has 0 bridgehead atoms. The van der Waals surface area contributed by atoms with E-state index >= 15 is 0 Å². The molecule has 0 spiro atoms. The minimum Gasteiger partial charge on any atom is -0.349 e. The predicted molar refractivity (Wildman–Crippen MR) is 83.8 cm³/mol. The second-order valence-corrected chi connectivity index (χ2v) is 6.25. The van der Waals surface area contributed by atoms with Gasteiger partial charge in [-0.2, -0.15) is 0 Å². The van der Waals surface area contributed by atoms with Gasteiger partial charge in [-0.3, -0.25) is 4.79 Å². The van der Waals surface area contributed by atoms with Gasteiger partial charge in [-0.15, -0.1) is 0 Å². The zero-order valence-electron chi connectivity index (χ0n) is 11.4. The van der Waals surface area contributed by atoms with Crippen molar-refractivity contribution in [3.8, 4) is 0 Å². The first kappa shape index (κ1) is 14.3. The van der Waals surface area contributed by atoms with Crippen molar-refractivity contribution in [3.05, 3.63) is 69.4 Å². The van der Waals surface area contributed by atoms with Crippen LogP contribution >= 0.6 is 15.9 Å². The fraction of sp³-hybridized carbons (Fsp3) is 0.235. The van der Waals surface area contributed by atoms with Gasteiger partial charge in [0.05, 0.1) is 0 Å². The highest BCUT2D eigenvalue weighted by atomic mass is 79.9. The van der Waals surface area contributed by atoms with Crippen LogP contribution in [0.3, 0.4) is 0 Å². The summed E-state index contributed by atoms with van der Waals surface area (Å²) in [6, 6.07) is 12.1. The van der Waals surface area contributed by atoms with Crippen LogP contribution in [0.5, 0.6) is 0 Å². The normalized spacial score (nSPS) is 17.1. The molecule has 0 saturated carbocycles. The van der Waals surface area contributed by atoms with Crippen LogP contribution < -0.4 is 5.32 Å². The number of hydrogen-bond acceptors (Lipinski definition) is 1. The topological polar surface area (TPSA) is 29.1 Å². The molecule has 1 aliphatic carbocycles. The zero-order chi connectivity index (χ0) is 14.8. The van der Waals surface area contributed by atoms with Gasteiger partial charge in [-0.25, -0.2) is 4.39 Å². The van der Waals surface area contributed by atoms with Crippen LogP contribution in [0.4, 0.5) is 4.39 Å². The van der Waals surface area contributed by atoms with Gasteiger partial charge in [-0.1, -0.05) is 22.0 Å². The number of amides is 1. The molecular formula is C17H15BrFNO. The van der Waals surface area contributed by atoms with Crippen LogP contribution in [0.25, 0.3) is 0 Å². The molecule has 2 aromatic carbocycles. The van der Waals surface area contributed by atoms with Crippen molar-refractivity contribution in [2.24, 2.45) is 0 Å². The minimum atomic E-state index is -0.330. The summed E-state index contributed by atoms with van der Waals surface area (Å²) < 4.78 is 14.0. The molecule has 0 saturated heterocycles. The van der Waals surface area contributed by atoms with Crippen LogP contribution in [-0.2, 0) is 12.8 Å². The van der Waals surface area contributed by atoms with Gasteiger partial charge in [0.25, 0.3) is 5.91 Å². The summed E-state index contributed by atoms with van der Waals surface area (Å²) in [4.78, 5) is 12.1. The Balaban J connectivity index is 1.68. The number of fused-ring (bicyclic) bond motifs is 1. The first-order valence-corrected chi connectivity index (χ1v) is 7.75. The number of carbonyl (C=O) groups is 1. The lowest BCUT2D eigenvalue weighted by Gasteiger charge is -2.25. The zero-order valence-corrected chi connectivity index (χ0v) is 13.0. The molecule has 0 aliphatic heterocycles. The lowest BCUT2D eigenvalue weighted by molar-refractivity contribution is 0.0933. The number of nitrogens with one attached hydrogen (secondary N) is 1. The molecule has 1 atom stereocenters. The summed E-state index contributed by atoms with van der Waals surface area (Å²) in [6.45, 7) is 0. The summed E-state index contributed by atoms with van der Waals surface area (Å²) in [5.41, 5.74) is 3.13. The fourth-order valence-corrected chi connectivity index (χ4v) is 3.13. The summed E-state index contributed by atoms with van der Waals surface area (Å²) >= 11 is 3.48. The molecule has 21 heavy (non-hydrogen) atoms. The molecule has 2 aromatic rings. The van der Waals surface area contributed by atoms with Crippen molar-refractivity contribution in [2.45, 2.75) is 25.3 Å². The first-order valence-electron chi connectivity index (χ1n) is 6.95. The van der Waals surface area contributed by atoms with E-state index in [-0.39, 0.29) is 17.8 Å². The third-order valence-corrected chi connectivity index (χ3v) is 4.33. The standard InChI is InChI=1S/C17H15BrFNO/c18-14-5-1-13-10-16(8-4-12(13)9-14)20-17(21)11-2-6-15(19)7-3-11/h1-3,5-7,9,16H,4,8,10H2,(H,20,21). The highest BCUT2D eigenvalue weighted by molar-refractivity contribution is 9.10. The third-order valence-electron chi connectivity index (χ3n) is 3.84. The van der Waals surface area contributed by atoms with Gasteiger partial charge in [0.2, 0.25) is 0 Å². The smallest absolute Gasteiger partial charge is 0.251 e. The quantitative estimate of drug-likeness (QED) is 0.877. The molecule has 1 aliphatic rings. The molecule has 2 nitrogen and oxygen atoms in total. The molecule has 1 unspecified atom stereocenters. The van der Waals surface area contributed by atoms with Gasteiger partial charge in [0, 0.05) is 16.1 Å².